The maximum atomic E-state index is 11.3. The Morgan fingerprint density at radius 1 is 1.40 bits per heavy atom. The van der Waals surface area contributed by atoms with Crippen molar-refractivity contribution in [2.45, 2.75) is 18.2 Å². The Kier molecular flexibility index (Phi) is 3.54. The van der Waals surface area contributed by atoms with Gasteiger partial charge in [-0.1, -0.05) is 6.92 Å². The topological polar surface area (TPSA) is 98.2 Å². The minimum absolute atomic E-state index is 0.0379. The molecule has 15 heavy (non-hydrogen) atoms. The largest absolute Gasteiger partial charge is 0.399 e. The van der Waals surface area contributed by atoms with E-state index in [1.807, 2.05) is 6.92 Å². The van der Waals surface area contributed by atoms with Crippen LogP contribution in [0.25, 0.3) is 0 Å². The first-order chi connectivity index (χ1) is 6.95. The Balaban J connectivity index is 3.15. The fourth-order valence-electron chi connectivity index (χ4n) is 1.18. The summed E-state index contributed by atoms with van der Waals surface area (Å²) in [5.41, 5.74) is 6.38. The summed E-state index contributed by atoms with van der Waals surface area (Å²) in [6, 6.07) is 4.60. The molecule has 1 rings (SSSR count). The molecule has 0 unspecified atom stereocenters. The molecule has 1 aromatic carbocycles. The highest BCUT2D eigenvalue weighted by molar-refractivity contribution is 7.89. The number of nitrogens with one attached hydrogen (secondary N) is 1. The van der Waals surface area contributed by atoms with E-state index >= 15 is 0 Å². The third-order valence-corrected chi connectivity index (χ3v) is 2.83. The molecule has 1 aromatic rings. The SMILES string of the molecule is CCCNc1ccc(N)cc1S(N)(=O)=O. The summed E-state index contributed by atoms with van der Waals surface area (Å²) < 4.78 is 22.5. The molecule has 0 fully saturated rings. The summed E-state index contributed by atoms with van der Waals surface area (Å²) in [6.07, 6.45) is 0.897. The van der Waals surface area contributed by atoms with E-state index in [4.69, 9.17) is 10.9 Å². The quantitative estimate of drug-likeness (QED) is 0.663. The van der Waals surface area contributed by atoms with E-state index in [9.17, 15) is 8.42 Å². The number of nitrogen functional groups attached to an aromatic ring is 1. The zero-order chi connectivity index (χ0) is 11.5. The van der Waals surface area contributed by atoms with E-state index in [1.165, 1.54) is 6.07 Å². The van der Waals surface area contributed by atoms with Crippen LogP contribution in [0.5, 0.6) is 0 Å². The Morgan fingerprint density at radius 3 is 2.60 bits per heavy atom. The molecule has 0 amide bonds. The van der Waals surface area contributed by atoms with E-state index in [0.29, 0.717) is 17.9 Å². The average molecular weight is 229 g/mol. The second kappa shape index (κ2) is 4.50. The van der Waals surface area contributed by atoms with Crippen molar-refractivity contribution in [3.8, 4) is 0 Å². The lowest BCUT2D eigenvalue weighted by atomic mass is 10.3. The Labute approximate surface area is 89.5 Å². The van der Waals surface area contributed by atoms with E-state index in [0.717, 1.165) is 6.42 Å². The number of hydrogen-bond acceptors (Lipinski definition) is 4. The van der Waals surface area contributed by atoms with Crippen LogP contribution < -0.4 is 16.2 Å². The van der Waals surface area contributed by atoms with Gasteiger partial charge in [0.05, 0.1) is 5.69 Å². The highest BCUT2D eigenvalue weighted by atomic mass is 32.2. The number of primary sulfonamides is 1. The number of anilines is 2. The summed E-state index contributed by atoms with van der Waals surface area (Å²) in [7, 11) is -3.73. The van der Waals surface area contributed by atoms with Gasteiger partial charge in [-0.15, -0.1) is 0 Å². The van der Waals surface area contributed by atoms with Gasteiger partial charge in [-0.2, -0.15) is 0 Å². The molecule has 0 saturated carbocycles. The molecule has 0 aliphatic rings. The molecule has 6 heteroatoms. The van der Waals surface area contributed by atoms with Crippen LogP contribution in [0.3, 0.4) is 0 Å². The Bertz CT molecular complexity index is 443. The van der Waals surface area contributed by atoms with Gasteiger partial charge in [0.2, 0.25) is 10.0 Å². The third-order valence-electron chi connectivity index (χ3n) is 1.88. The van der Waals surface area contributed by atoms with E-state index in [-0.39, 0.29) is 4.90 Å². The lowest BCUT2D eigenvalue weighted by molar-refractivity contribution is 0.598. The third kappa shape index (κ3) is 3.10. The molecule has 5 nitrogen and oxygen atoms in total. The molecule has 84 valence electrons. The summed E-state index contributed by atoms with van der Waals surface area (Å²) in [6.45, 7) is 2.67. The van der Waals surface area contributed by atoms with Gasteiger partial charge in [-0.25, -0.2) is 13.6 Å². The standard InChI is InChI=1S/C9H15N3O2S/c1-2-5-12-8-4-3-7(10)6-9(8)15(11,13)14/h3-4,6,12H,2,5,10H2,1H3,(H2,11,13,14). The van der Waals surface area contributed by atoms with Gasteiger partial charge < -0.3 is 11.1 Å². The van der Waals surface area contributed by atoms with Gasteiger partial charge in [0, 0.05) is 12.2 Å². The number of rotatable bonds is 4. The first kappa shape index (κ1) is 11.8. The number of sulfonamides is 1. The monoisotopic (exact) mass is 229 g/mol. The summed E-state index contributed by atoms with van der Waals surface area (Å²) >= 11 is 0. The first-order valence-corrected chi connectivity index (χ1v) is 6.16. The molecule has 0 radical (unpaired) electrons. The van der Waals surface area contributed by atoms with Crippen molar-refractivity contribution in [3.05, 3.63) is 18.2 Å². The Hall–Kier alpha value is -1.27. The zero-order valence-electron chi connectivity index (χ0n) is 8.53. The lowest BCUT2D eigenvalue weighted by Crippen LogP contribution is -2.15. The Morgan fingerprint density at radius 2 is 2.07 bits per heavy atom. The molecule has 0 aliphatic heterocycles. The second-order valence-corrected chi connectivity index (χ2v) is 4.76. The normalized spacial score (nSPS) is 11.3. The van der Waals surface area contributed by atoms with Crippen LogP contribution in [-0.2, 0) is 10.0 Å². The van der Waals surface area contributed by atoms with Crippen LogP contribution in [-0.4, -0.2) is 15.0 Å². The second-order valence-electron chi connectivity index (χ2n) is 3.23. The molecule has 0 bridgehead atoms. The summed E-state index contributed by atoms with van der Waals surface area (Å²) in [4.78, 5) is 0.0379. The van der Waals surface area contributed by atoms with Crippen molar-refractivity contribution in [1.82, 2.24) is 0 Å². The van der Waals surface area contributed by atoms with Crippen LogP contribution in [0, 0.1) is 0 Å². The van der Waals surface area contributed by atoms with Crippen molar-refractivity contribution in [3.63, 3.8) is 0 Å². The minimum Gasteiger partial charge on any atom is -0.399 e. The van der Waals surface area contributed by atoms with E-state index in [2.05, 4.69) is 5.32 Å². The number of hydrogen-bond donors (Lipinski definition) is 3. The maximum absolute atomic E-state index is 11.3. The fraction of sp³-hybridized carbons (Fsp3) is 0.333. The lowest BCUT2D eigenvalue weighted by Gasteiger charge is -2.10. The first-order valence-electron chi connectivity index (χ1n) is 4.61. The van der Waals surface area contributed by atoms with Crippen molar-refractivity contribution in [2.75, 3.05) is 17.6 Å². The van der Waals surface area contributed by atoms with Gasteiger partial charge in [0.1, 0.15) is 4.90 Å². The highest BCUT2D eigenvalue weighted by Crippen LogP contribution is 2.22. The van der Waals surface area contributed by atoms with Gasteiger partial charge in [-0.3, -0.25) is 0 Å². The van der Waals surface area contributed by atoms with Crippen LogP contribution in [0.15, 0.2) is 23.1 Å². The minimum atomic E-state index is -3.73. The molecular formula is C9H15N3O2S. The van der Waals surface area contributed by atoms with Crippen molar-refractivity contribution in [1.29, 1.82) is 0 Å². The van der Waals surface area contributed by atoms with Crippen LogP contribution in [0.2, 0.25) is 0 Å². The maximum Gasteiger partial charge on any atom is 0.240 e. The van der Waals surface area contributed by atoms with Crippen molar-refractivity contribution >= 4 is 21.4 Å². The van der Waals surface area contributed by atoms with Gasteiger partial charge >= 0.3 is 0 Å². The molecular weight excluding hydrogens is 214 g/mol. The average Bonchev–Trinajstić information content (AvgIpc) is 2.14. The van der Waals surface area contributed by atoms with Crippen LogP contribution in [0.1, 0.15) is 13.3 Å². The van der Waals surface area contributed by atoms with Gasteiger partial charge in [0.15, 0.2) is 0 Å². The summed E-state index contributed by atoms with van der Waals surface area (Å²) in [5.74, 6) is 0. The molecule has 5 N–H and O–H groups in total. The van der Waals surface area contributed by atoms with Crippen LogP contribution >= 0.6 is 0 Å². The fourth-order valence-corrected chi connectivity index (χ4v) is 1.93. The molecule has 0 aliphatic carbocycles. The zero-order valence-corrected chi connectivity index (χ0v) is 9.34. The smallest absolute Gasteiger partial charge is 0.240 e. The predicted molar refractivity (Wildman–Crippen MR) is 61.0 cm³/mol. The van der Waals surface area contributed by atoms with E-state index < -0.39 is 10.0 Å². The molecule has 0 saturated heterocycles. The van der Waals surface area contributed by atoms with Crippen molar-refractivity contribution in [2.24, 2.45) is 5.14 Å². The highest BCUT2D eigenvalue weighted by Gasteiger charge is 2.13. The molecule has 0 aromatic heterocycles. The van der Waals surface area contributed by atoms with Gasteiger partial charge in [0.25, 0.3) is 0 Å². The number of nitrogens with two attached hydrogens (primary N) is 2. The summed E-state index contributed by atoms with van der Waals surface area (Å²) in [5, 5.41) is 8.06. The molecule has 0 heterocycles. The van der Waals surface area contributed by atoms with Gasteiger partial charge in [-0.05, 0) is 24.6 Å². The number of benzene rings is 1. The molecule has 0 spiro atoms. The van der Waals surface area contributed by atoms with Crippen molar-refractivity contribution < 1.29 is 8.42 Å². The van der Waals surface area contributed by atoms with Crippen LogP contribution in [0.4, 0.5) is 11.4 Å². The van der Waals surface area contributed by atoms with E-state index in [1.54, 1.807) is 12.1 Å². The predicted octanol–water partition coefficient (Wildman–Crippen LogP) is 0.738. The molecule has 0 atom stereocenters.